The molecule has 3 aromatic carbocycles. The van der Waals surface area contributed by atoms with Crippen molar-refractivity contribution >= 4 is 11.9 Å². The number of rotatable bonds is 16. The van der Waals surface area contributed by atoms with Gasteiger partial charge in [-0.3, -0.25) is 4.79 Å². The molecule has 0 fully saturated rings. The van der Waals surface area contributed by atoms with Gasteiger partial charge in [0.25, 0.3) is 0 Å². The fourth-order valence-electron chi connectivity index (χ4n) is 3.79. The minimum absolute atomic E-state index is 0.138. The van der Waals surface area contributed by atoms with Crippen molar-refractivity contribution in [1.29, 1.82) is 0 Å². The molecule has 0 saturated heterocycles. The Kier molecular flexibility index (Phi) is 12.7. The second-order valence-corrected chi connectivity index (χ2v) is 9.44. The third-order valence-electron chi connectivity index (χ3n) is 6.17. The predicted molar refractivity (Wildman–Crippen MR) is 155 cm³/mol. The van der Waals surface area contributed by atoms with Gasteiger partial charge in [0.1, 0.15) is 17.2 Å². The maximum absolute atomic E-state index is 12.6. The predicted octanol–water partition coefficient (Wildman–Crippen LogP) is 7.40. The summed E-state index contributed by atoms with van der Waals surface area (Å²) in [5.41, 5.74) is 0.0949. The topological polar surface area (TPSA) is 88.1 Å². The number of carbonyl (C=O) groups is 2. The Morgan fingerprint density at radius 2 is 1.00 bits per heavy atom. The monoisotopic (exact) mass is 546 g/mol. The molecular formula is C33H38O7. The summed E-state index contributed by atoms with van der Waals surface area (Å²) < 4.78 is 22.1. The molecule has 0 spiro atoms. The Morgan fingerprint density at radius 3 is 1.60 bits per heavy atom. The maximum atomic E-state index is 12.6. The minimum Gasteiger partial charge on any atom is -0.494 e. The zero-order chi connectivity index (χ0) is 28.6. The van der Waals surface area contributed by atoms with E-state index in [0.29, 0.717) is 30.3 Å². The van der Waals surface area contributed by atoms with E-state index in [1.807, 2.05) is 0 Å². The van der Waals surface area contributed by atoms with Crippen LogP contribution in [0.1, 0.15) is 85.9 Å². The molecule has 0 aliphatic rings. The molecule has 0 aliphatic heterocycles. The summed E-state index contributed by atoms with van der Waals surface area (Å²) in [5.74, 6) is 0.0465. The van der Waals surface area contributed by atoms with Crippen LogP contribution in [-0.2, 0) is 0 Å². The van der Waals surface area contributed by atoms with Gasteiger partial charge in [-0.2, -0.15) is 0 Å². The highest BCUT2D eigenvalue weighted by atomic mass is 16.5. The third kappa shape index (κ3) is 10.2. The van der Waals surface area contributed by atoms with Crippen LogP contribution in [0.2, 0.25) is 0 Å². The van der Waals surface area contributed by atoms with Crippen molar-refractivity contribution in [3.05, 3.63) is 94.1 Å². The number of unbranched alkanes of at least 4 members (excludes halogenated alkanes) is 6. The van der Waals surface area contributed by atoms with Gasteiger partial charge in [0.15, 0.2) is 5.75 Å². The van der Waals surface area contributed by atoms with Gasteiger partial charge in [-0.1, -0.05) is 52.4 Å². The number of ether oxygens (including phenoxy) is 4. The molecule has 0 aromatic heterocycles. The Hall–Kier alpha value is -4.13. The first-order valence-electron chi connectivity index (χ1n) is 14.0. The van der Waals surface area contributed by atoms with E-state index < -0.39 is 17.4 Å². The van der Waals surface area contributed by atoms with Crippen LogP contribution in [0.25, 0.3) is 0 Å². The normalized spacial score (nSPS) is 10.6. The molecule has 0 N–H and O–H groups in total. The fourth-order valence-corrected chi connectivity index (χ4v) is 3.79. The van der Waals surface area contributed by atoms with Crippen molar-refractivity contribution in [3.63, 3.8) is 0 Å². The Balaban J connectivity index is 1.52. The van der Waals surface area contributed by atoms with Crippen LogP contribution in [-0.4, -0.2) is 25.2 Å². The molecule has 0 atom stereocenters. The van der Waals surface area contributed by atoms with Crippen molar-refractivity contribution in [1.82, 2.24) is 0 Å². The molecule has 0 unspecified atom stereocenters. The van der Waals surface area contributed by atoms with Crippen molar-refractivity contribution in [2.75, 3.05) is 13.2 Å². The summed E-state index contributed by atoms with van der Waals surface area (Å²) in [6.45, 7) is 5.53. The van der Waals surface area contributed by atoms with Crippen molar-refractivity contribution in [2.45, 2.75) is 65.2 Å². The van der Waals surface area contributed by atoms with Gasteiger partial charge in [-0.05, 0) is 85.6 Å². The van der Waals surface area contributed by atoms with E-state index in [9.17, 15) is 14.4 Å². The number of hydrogen-bond acceptors (Lipinski definition) is 7. The number of hydrogen-bond donors (Lipinski definition) is 0. The first-order chi connectivity index (χ1) is 19.5. The van der Waals surface area contributed by atoms with Gasteiger partial charge in [-0.15, -0.1) is 0 Å². The van der Waals surface area contributed by atoms with Gasteiger partial charge in [-0.25, -0.2) is 9.59 Å². The molecule has 7 nitrogen and oxygen atoms in total. The molecule has 7 heteroatoms. The lowest BCUT2D eigenvalue weighted by Gasteiger charge is -2.07. The van der Waals surface area contributed by atoms with Crippen molar-refractivity contribution in [3.8, 4) is 23.0 Å². The Morgan fingerprint density at radius 1 is 0.525 bits per heavy atom. The van der Waals surface area contributed by atoms with E-state index >= 15 is 0 Å². The second kappa shape index (κ2) is 16.7. The minimum atomic E-state index is -0.675. The third-order valence-corrected chi connectivity index (χ3v) is 6.17. The summed E-state index contributed by atoms with van der Waals surface area (Å²) in [4.78, 5) is 37.6. The van der Waals surface area contributed by atoms with Crippen LogP contribution in [0.4, 0.5) is 0 Å². The number of esters is 2. The SMILES string of the molecule is CCCCCCCCOc1ccc(C(=O)Oc2ccc(OC(=O)c3ccc(OCCCC)cc3)ccc2=O)cc1. The van der Waals surface area contributed by atoms with Crippen molar-refractivity contribution < 1.29 is 28.5 Å². The highest BCUT2D eigenvalue weighted by molar-refractivity contribution is 5.92. The Labute approximate surface area is 236 Å². The molecule has 0 bridgehead atoms. The Bertz CT molecular complexity index is 1270. The molecule has 40 heavy (non-hydrogen) atoms. The van der Waals surface area contributed by atoms with Gasteiger partial charge >= 0.3 is 11.9 Å². The zero-order valence-corrected chi connectivity index (χ0v) is 23.4. The number of benzene rings is 2. The molecule has 0 saturated carbocycles. The van der Waals surface area contributed by atoms with Crippen molar-refractivity contribution in [2.24, 2.45) is 0 Å². The van der Waals surface area contributed by atoms with E-state index in [1.165, 1.54) is 49.9 Å². The maximum Gasteiger partial charge on any atom is 0.343 e. The summed E-state index contributed by atoms with van der Waals surface area (Å²) in [5, 5.41) is 0. The first kappa shape index (κ1) is 30.4. The van der Waals surface area contributed by atoms with Gasteiger partial charge in [0, 0.05) is 0 Å². The summed E-state index contributed by atoms with van der Waals surface area (Å²) in [6.07, 6.45) is 9.09. The summed E-state index contributed by atoms with van der Waals surface area (Å²) >= 11 is 0. The highest BCUT2D eigenvalue weighted by Crippen LogP contribution is 2.18. The van der Waals surface area contributed by atoms with E-state index in [-0.39, 0.29) is 17.1 Å². The highest BCUT2D eigenvalue weighted by Gasteiger charge is 2.13. The van der Waals surface area contributed by atoms with Gasteiger partial charge in [0.05, 0.1) is 24.3 Å². The smallest absolute Gasteiger partial charge is 0.343 e. The standard InChI is InChI=1S/C33H38O7/c1-3-5-7-8-9-10-24-38-28-17-13-26(14-18-28)33(36)40-31-22-20-29(19-21-30(31)34)39-32(35)25-11-15-27(16-12-25)37-23-6-4-2/h11-22H,3-10,23-24H2,1-2H3. The first-order valence-corrected chi connectivity index (χ1v) is 14.0. The van der Waals surface area contributed by atoms with E-state index in [1.54, 1.807) is 48.5 Å². The molecule has 0 amide bonds. The second-order valence-electron chi connectivity index (χ2n) is 9.44. The lowest BCUT2D eigenvalue weighted by molar-refractivity contribution is 0.0722. The summed E-state index contributed by atoms with van der Waals surface area (Å²) in [7, 11) is 0. The average molecular weight is 547 g/mol. The molecular weight excluding hydrogens is 508 g/mol. The molecule has 212 valence electrons. The fraction of sp³-hybridized carbons (Fsp3) is 0.364. The van der Waals surface area contributed by atoms with Crippen LogP contribution in [0.5, 0.6) is 23.0 Å². The lowest BCUT2D eigenvalue weighted by atomic mass is 10.1. The van der Waals surface area contributed by atoms with E-state index in [2.05, 4.69) is 13.8 Å². The van der Waals surface area contributed by atoms with Crippen LogP contribution in [0.3, 0.4) is 0 Å². The number of carbonyl (C=O) groups excluding carboxylic acids is 2. The van der Waals surface area contributed by atoms with Crippen LogP contribution < -0.4 is 24.4 Å². The largest absolute Gasteiger partial charge is 0.494 e. The van der Waals surface area contributed by atoms with Gasteiger partial charge < -0.3 is 18.9 Å². The molecule has 3 aromatic rings. The molecule has 0 radical (unpaired) electrons. The average Bonchev–Trinajstić information content (AvgIpc) is 3.14. The lowest BCUT2D eigenvalue weighted by Crippen LogP contribution is -2.13. The summed E-state index contributed by atoms with van der Waals surface area (Å²) in [6, 6.07) is 18.5. The molecule has 0 aliphatic carbocycles. The van der Waals surface area contributed by atoms with Crippen LogP contribution >= 0.6 is 0 Å². The van der Waals surface area contributed by atoms with E-state index in [4.69, 9.17) is 18.9 Å². The van der Waals surface area contributed by atoms with Gasteiger partial charge in [0.2, 0.25) is 5.43 Å². The molecule has 0 heterocycles. The van der Waals surface area contributed by atoms with E-state index in [0.717, 1.165) is 25.7 Å². The quantitative estimate of drug-likeness (QED) is 0.137. The zero-order valence-electron chi connectivity index (χ0n) is 23.4. The molecule has 3 rings (SSSR count). The van der Waals surface area contributed by atoms with Crippen LogP contribution in [0.15, 0.2) is 77.6 Å². The van der Waals surface area contributed by atoms with Crippen LogP contribution in [0, 0.1) is 0 Å².